The average molecular weight is 363 g/mol. The first-order chi connectivity index (χ1) is 8.54. The van der Waals surface area contributed by atoms with Crippen LogP contribution in [0.25, 0.3) is 0 Å². The molecule has 1 aromatic carbocycles. The molecule has 0 radical (unpaired) electrons. The molecule has 0 amide bonds. The van der Waals surface area contributed by atoms with Crippen LogP contribution < -0.4 is 10.5 Å². The Morgan fingerprint density at radius 3 is 2.89 bits per heavy atom. The number of hydrogen-bond acceptors (Lipinski definition) is 3. The van der Waals surface area contributed by atoms with Gasteiger partial charge in [-0.2, -0.15) is 0 Å². The highest BCUT2D eigenvalue weighted by molar-refractivity contribution is 14.1. The number of benzene rings is 1. The highest BCUT2D eigenvalue weighted by atomic mass is 127. The van der Waals surface area contributed by atoms with E-state index >= 15 is 0 Å². The van der Waals surface area contributed by atoms with Crippen molar-refractivity contribution >= 4 is 28.6 Å². The van der Waals surface area contributed by atoms with Gasteiger partial charge in [-0.25, -0.2) is 0 Å². The summed E-state index contributed by atoms with van der Waals surface area (Å²) in [6, 6.07) is 4.85. The topological polar surface area (TPSA) is 72.5 Å². The first-order valence-corrected chi connectivity index (χ1v) is 7.02. The molecule has 5 heteroatoms. The van der Waals surface area contributed by atoms with Crippen LogP contribution in [0.5, 0.6) is 5.75 Å². The zero-order valence-electron chi connectivity index (χ0n) is 10.4. The fraction of sp³-hybridized carbons (Fsp3) is 0.462. The predicted molar refractivity (Wildman–Crippen MR) is 78.9 cm³/mol. The Bertz CT molecular complexity index is 409. The number of hydrogen-bond donors (Lipinski definition) is 2. The Hall–Kier alpha value is -0.820. The van der Waals surface area contributed by atoms with Crippen LogP contribution in [-0.2, 0) is 11.2 Å². The molecule has 4 nitrogen and oxygen atoms in total. The molecule has 0 heterocycles. The van der Waals surface area contributed by atoms with E-state index in [2.05, 4.69) is 29.5 Å². The monoisotopic (exact) mass is 363 g/mol. The second kappa shape index (κ2) is 7.58. The molecular formula is C13H18INO3. The van der Waals surface area contributed by atoms with E-state index in [4.69, 9.17) is 15.6 Å². The number of rotatable bonds is 7. The summed E-state index contributed by atoms with van der Waals surface area (Å²) in [4.78, 5) is 10.8. The van der Waals surface area contributed by atoms with Crippen molar-refractivity contribution in [2.75, 3.05) is 6.61 Å². The van der Waals surface area contributed by atoms with E-state index in [1.165, 1.54) is 0 Å². The lowest BCUT2D eigenvalue weighted by Gasteiger charge is -2.13. The summed E-state index contributed by atoms with van der Waals surface area (Å²) < 4.78 is 6.71. The third-order valence-electron chi connectivity index (χ3n) is 2.54. The smallest absolute Gasteiger partial charge is 0.320 e. The van der Waals surface area contributed by atoms with Crippen LogP contribution in [0.15, 0.2) is 18.2 Å². The zero-order valence-corrected chi connectivity index (χ0v) is 12.5. The number of carboxylic acid groups (broad SMARTS) is 1. The molecule has 100 valence electrons. The summed E-state index contributed by atoms with van der Waals surface area (Å²) in [6.45, 7) is 2.74. The normalized spacial score (nSPS) is 12.2. The predicted octanol–water partition coefficient (Wildman–Crippen LogP) is 2.42. The molecule has 3 N–H and O–H groups in total. The van der Waals surface area contributed by atoms with Gasteiger partial charge in [0, 0.05) is 9.99 Å². The van der Waals surface area contributed by atoms with Gasteiger partial charge in [-0.3, -0.25) is 4.79 Å². The van der Waals surface area contributed by atoms with Crippen molar-refractivity contribution in [3.63, 3.8) is 0 Å². The highest BCUT2D eigenvalue weighted by Gasteiger charge is 2.15. The van der Waals surface area contributed by atoms with Crippen LogP contribution in [0.4, 0.5) is 0 Å². The van der Waals surface area contributed by atoms with E-state index in [-0.39, 0.29) is 6.42 Å². The number of carbonyl (C=O) groups is 1. The fourth-order valence-corrected chi connectivity index (χ4v) is 2.05. The second-order valence-electron chi connectivity index (χ2n) is 4.10. The number of carboxylic acids is 1. The highest BCUT2D eigenvalue weighted by Crippen LogP contribution is 2.23. The van der Waals surface area contributed by atoms with Gasteiger partial charge in [0.25, 0.3) is 0 Å². The molecule has 1 aromatic rings. The fourth-order valence-electron chi connectivity index (χ4n) is 1.50. The Labute approximate surface area is 121 Å². The summed E-state index contributed by atoms with van der Waals surface area (Å²) in [5.74, 6) is -0.256. The lowest BCUT2D eigenvalue weighted by atomic mass is 10.1. The lowest BCUT2D eigenvalue weighted by molar-refractivity contribution is -0.138. The largest absolute Gasteiger partial charge is 0.493 e. The number of aliphatic carboxylic acids is 1. The van der Waals surface area contributed by atoms with Gasteiger partial charge < -0.3 is 15.6 Å². The molecule has 0 bridgehead atoms. The third kappa shape index (κ3) is 4.81. The molecule has 0 saturated heterocycles. The van der Waals surface area contributed by atoms with E-state index in [1.54, 1.807) is 0 Å². The number of ether oxygens (including phenoxy) is 1. The van der Waals surface area contributed by atoms with Gasteiger partial charge in [-0.1, -0.05) is 13.3 Å². The molecule has 0 saturated carbocycles. The maximum absolute atomic E-state index is 10.8. The van der Waals surface area contributed by atoms with Crippen LogP contribution in [0, 0.1) is 3.57 Å². The van der Waals surface area contributed by atoms with E-state index < -0.39 is 12.0 Å². The average Bonchev–Trinajstić information content (AvgIpc) is 2.32. The molecule has 0 spiro atoms. The first-order valence-electron chi connectivity index (χ1n) is 5.94. The minimum absolute atomic E-state index is 0.285. The van der Waals surface area contributed by atoms with Gasteiger partial charge in [0.15, 0.2) is 0 Å². The molecule has 0 unspecified atom stereocenters. The Balaban J connectivity index is 2.79. The molecule has 0 aromatic heterocycles. The van der Waals surface area contributed by atoms with Crippen LogP contribution in [0.1, 0.15) is 25.3 Å². The molecule has 0 fully saturated rings. The van der Waals surface area contributed by atoms with E-state index in [0.717, 1.165) is 27.7 Å². The lowest BCUT2D eigenvalue weighted by Crippen LogP contribution is -2.32. The van der Waals surface area contributed by atoms with Gasteiger partial charge in [0.2, 0.25) is 0 Å². The zero-order chi connectivity index (χ0) is 13.5. The molecule has 0 aliphatic carbocycles. The van der Waals surface area contributed by atoms with Gasteiger partial charge in [-0.05, 0) is 52.8 Å². The standard InChI is InChI=1S/C13H18INO3/c1-2-3-6-18-12-5-4-10(14)7-9(12)8-11(15)13(16)17/h4-5,7,11H,2-3,6,8,15H2,1H3,(H,16,17)/t11-/m0/s1. The summed E-state index contributed by atoms with van der Waals surface area (Å²) >= 11 is 2.19. The van der Waals surface area contributed by atoms with E-state index in [0.29, 0.717) is 6.61 Å². The van der Waals surface area contributed by atoms with Crippen LogP contribution in [-0.4, -0.2) is 23.7 Å². The molecule has 1 rings (SSSR count). The van der Waals surface area contributed by atoms with Crippen molar-refractivity contribution in [1.29, 1.82) is 0 Å². The third-order valence-corrected chi connectivity index (χ3v) is 3.21. The van der Waals surface area contributed by atoms with Crippen molar-refractivity contribution in [1.82, 2.24) is 0 Å². The Kier molecular flexibility index (Phi) is 6.42. The molecule has 0 aliphatic heterocycles. The molecule has 1 atom stereocenters. The van der Waals surface area contributed by atoms with Gasteiger partial charge in [0.1, 0.15) is 11.8 Å². The summed E-state index contributed by atoms with van der Waals surface area (Å²) in [7, 11) is 0. The summed E-state index contributed by atoms with van der Waals surface area (Å²) in [5, 5.41) is 8.85. The minimum atomic E-state index is -0.992. The van der Waals surface area contributed by atoms with Crippen LogP contribution >= 0.6 is 22.6 Å². The molecular weight excluding hydrogens is 345 g/mol. The summed E-state index contributed by atoms with van der Waals surface area (Å²) in [5.41, 5.74) is 6.42. The quantitative estimate of drug-likeness (QED) is 0.577. The number of unbranched alkanes of at least 4 members (excludes halogenated alkanes) is 1. The van der Waals surface area contributed by atoms with E-state index in [9.17, 15) is 4.79 Å². The van der Waals surface area contributed by atoms with Gasteiger partial charge in [-0.15, -0.1) is 0 Å². The Morgan fingerprint density at radius 1 is 1.56 bits per heavy atom. The van der Waals surface area contributed by atoms with E-state index in [1.807, 2.05) is 18.2 Å². The number of nitrogens with two attached hydrogens (primary N) is 1. The first kappa shape index (κ1) is 15.2. The second-order valence-corrected chi connectivity index (χ2v) is 5.35. The van der Waals surface area contributed by atoms with Crippen LogP contribution in [0.3, 0.4) is 0 Å². The minimum Gasteiger partial charge on any atom is -0.493 e. The Morgan fingerprint density at radius 2 is 2.28 bits per heavy atom. The maximum Gasteiger partial charge on any atom is 0.320 e. The van der Waals surface area contributed by atoms with Crippen molar-refractivity contribution in [2.45, 2.75) is 32.2 Å². The SMILES string of the molecule is CCCCOc1ccc(I)cc1C[C@H](N)C(=O)O. The van der Waals surface area contributed by atoms with Crippen molar-refractivity contribution in [2.24, 2.45) is 5.73 Å². The summed E-state index contributed by atoms with van der Waals surface area (Å²) in [6.07, 6.45) is 2.33. The van der Waals surface area contributed by atoms with Crippen LogP contribution in [0.2, 0.25) is 0 Å². The van der Waals surface area contributed by atoms with Gasteiger partial charge in [0.05, 0.1) is 6.61 Å². The molecule has 0 aliphatic rings. The number of halogens is 1. The maximum atomic E-state index is 10.8. The molecule has 18 heavy (non-hydrogen) atoms. The van der Waals surface area contributed by atoms with Gasteiger partial charge >= 0.3 is 5.97 Å². The van der Waals surface area contributed by atoms with Crippen molar-refractivity contribution < 1.29 is 14.6 Å². The van der Waals surface area contributed by atoms with Crippen molar-refractivity contribution in [3.05, 3.63) is 27.3 Å². The van der Waals surface area contributed by atoms with Crippen molar-refractivity contribution in [3.8, 4) is 5.75 Å².